The molecule has 0 heterocycles. The van der Waals surface area contributed by atoms with Crippen LogP contribution in [-0.2, 0) is 22.4 Å². The molecule has 0 aromatic carbocycles. The standard InChI is InChI=1S/C3HF6.Ag/c4-2(5,6)1-3(7,8)9;/h1H;/q-1;+1. The number of rotatable bonds is 0. The van der Waals surface area contributed by atoms with Crippen molar-refractivity contribution in [1.82, 2.24) is 0 Å². The van der Waals surface area contributed by atoms with E-state index in [1.807, 2.05) is 0 Å². The van der Waals surface area contributed by atoms with Crippen LogP contribution in [0.15, 0.2) is 0 Å². The third kappa shape index (κ3) is 11.2. The van der Waals surface area contributed by atoms with E-state index in [2.05, 4.69) is 0 Å². The van der Waals surface area contributed by atoms with Crippen molar-refractivity contribution in [2.24, 2.45) is 0 Å². The molecular formula is C3HAgF6. The van der Waals surface area contributed by atoms with Gasteiger partial charge < -0.3 is 0 Å². The quantitative estimate of drug-likeness (QED) is 0.355. The summed E-state index contributed by atoms with van der Waals surface area (Å²) in [6.45, 7) is 0. The van der Waals surface area contributed by atoms with Crippen molar-refractivity contribution >= 4 is 0 Å². The summed E-state index contributed by atoms with van der Waals surface area (Å²) >= 11 is 0. The first-order chi connectivity index (χ1) is 3.71. The third-order valence-corrected chi connectivity index (χ3v) is 0.327. The minimum atomic E-state index is -5.27. The molecule has 0 bridgehead atoms. The molecule has 0 aromatic heterocycles. The van der Waals surface area contributed by atoms with Gasteiger partial charge >= 0.3 is 22.4 Å². The van der Waals surface area contributed by atoms with Crippen LogP contribution < -0.4 is 0 Å². The van der Waals surface area contributed by atoms with Crippen LogP contribution in [0.2, 0.25) is 0 Å². The predicted octanol–water partition coefficient (Wildman–Crippen LogP) is 2.31. The molecule has 10 heavy (non-hydrogen) atoms. The van der Waals surface area contributed by atoms with Gasteiger partial charge in [-0.15, -0.1) is 6.42 Å². The van der Waals surface area contributed by atoms with Crippen LogP contribution in [0.25, 0.3) is 0 Å². The van der Waals surface area contributed by atoms with Crippen molar-refractivity contribution in [3.05, 3.63) is 6.42 Å². The largest absolute Gasteiger partial charge is 1.00 e. The smallest absolute Gasteiger partial charge is 0.207 e. The topological polar surface area (TPSA) is 0 Å². The van der Waals surface area contributed by atoms with Gasteiger partial charge in [0.2, 0.25) is 0 Å². The summed E-state index contributed by atoms with van der Waals surface area (Å²) in [6, 6.07) is 0. The van der Waals surface area contributed by atoms with Gasteiger partial charge in [-0.25, -0.2) is 26.3 Å². The van der Waals surface area contributed by atoms with E-state index in [0.29, 0.717) is 0 Å². The molecule has 0 atom stereocenters. The molecule has 0 aromatic rings. The summed E-state index contributed by atoms with van der Waals surface area (Å²) in [5.74, 6) is 0. The van der Waals surface area contributed by atoms with Gasteiger partial charge in [0.1, 0.15) is 0 Å². The Morgan fingerprint density at radius 3 is 0.900 bits per heavy atom. The van der Waals surface area contributed by atoms with E-state index in [9.17, 15) is 26.3 Å². The number of alkyl halides is 6. The molecule has 0 radical (unpaired) electrons. The Labute approximate surface area is 68.1 Å². The molecule has 0 nitrogen and oxygen atoms in total. The van der Waals surface area contributed by atoms with Gasteiger partial charge in [0, 0.05) is 0 Å². The SMILES string of the molecule is FC(F)(F)[CH-]C(F)(F)F.[Ag+]. The molecule has 0 N–H and O–H groups in total. The predicted molar refractivity (Wildman–Crippen MR) is 16.4 cm³/mol. The zero-order valence-corrected chi connectivity index (χ0v) is 5.63. The molecule has 0 spiro atoms. The van der Waals surface area contributed by atoms with Gasteiger partial charge in [-0.1, -0.05) is 0 Å². The van der Waals surface area contributed by atoms with Crippen molar-refractivity contribution in [3.63, 3.8) is 0 Å². The summed E-state index contributed by atoms with van der Waals surface area (Å²) in [4.78, 5) is 0. The molecule has 7 heteroatoms. The molecule has 0 aliphatic carbocycles. The van der Waals surface area contributed by atoms with E-state index >= 15 is 0 Å². The first-order valence-electron chi connectivity index (χ1n) is 1.71. The van der Waals surface area contributed by atoms with Gasteiger partial charge in [0.05, 0.1) is 0 Å². The molecule has 0 amide bonds. The Hall–Kier alpha value is 0.320. The van der Waals surface area contributed by atoms with Gasteiger partial charge in [-0.05, 0) is 0 Å². The fourth-order valence-electron chi connectivity index (χ4n) is 0.186. The van der Waals surface area contributed by atoms with Crippen LogP contribution in [0, 0.1) is 6.42 Å². The first-order valence-corrected chi connectivity index (χ1v) is 1.71. The zero-order chi connectivity index (χ0) is 7.71. The summed E-state index contributed by atoms with van der Waals surface area (Å²) in [5.41, 5.74) is 0. The van der Waals surface area contributed by atoms with Crippen molar-refractivity contribution < 1.29 is 48.7 Å². The molecule has 0 rings (SSSR count). The van der Waals surface area contributed by atoms with E-state index < -0.39 is 18.8 Å². The maximum Gasteiger partial charge on any atom is 1.00 e. The van der Waals surface area contributed by atoms with Crippen LogP contribution in [0.3, 0.4) is 0 Å². The second kappa shape index (κ2) is 3.64. The van der Waals surface area contributed by atoms with Crippen LogP contribution >= 0.6 is 0 Å². The van der Waals surface area contributed by atoms with Crippen LogP contribution in [0.4, 0.5) is 26.3 Å². The molecule has 0 aliphatic rings. The second-order valence-corrected chi connectivity index (χ2v) is 1.23. The van der Waals surface area contributed by atoms with Gasteiger partial charge in [-0.3, -0.25) is 0 Å². The van der Waals surface area contributed by atoms with Crippen molar-refractivity contribution in [1.29, 1.82) is 0 Å². The fourth-order valence-corrected chi connectivity index (χ4v) is 0.186. The molecule has 0 unspecified atom stereocenters. The van der Waals surface area contributed by atoms with E-state index in [1.165, 1.54) is 0 Å². The molecule has 66 valence electrons. The van der Waals surface area contributed by atoms with E-state index in [1.54, 1.807) is 0 Å². The Bertz CT molecular complexity index is 78.1. The third-order valence-electron chi connectivity index (χ3n) is 0.327. The average molecular weight is 259 g/mol. The second-order valence-electron chi connectivity index (χ2n) is 1.23. The van der Waals surface area contributed by atoms with Crippen LogP contribution in [0.5, 0.6) is 0 Å². The number of halogens is 6. The van der Waals surface area contributed by atoms with Gasteiger partial charge in [-0.2, -0.15) is 0 Å². The van der Waals surface area contributed by atoms with E-state index in [-0.39, 0.29) is 22.4 Å². The van der Waals surface area contributed by atoms with Crippen molar-refractivity contribution in [3.8, 4) is 0 Å². The number of hydrogen-bond donors (Lipinski definition) is 0. The normalized spacial score (nSPS) is 12.6. The maximum absolute atomic E-state index is 10.8. The Kier molecular flexibility index (Phi) is 4.71. The minimum absolute atomic E-state index is 0. The van der Waals surface area contributed by atoms with Crippen LogP contribution in [-0.4, -0.2) is 12.4 Å². The molecule has 0 saturated carbocycles. The summed E-state index contributed by atoms with van der Waals surface area (Å²) < 4.78 is 64.7. The zero-order valence-electron chi connectivity index (χ0n) is 4.15. The summed E-state index contributed by atoms with van der Waals surface area (Å²) in [7, 11) is 0. The minimum Gasteiger partial charge on any atom is -0.207 e. The summed E-state index contributed by atoms with van der Waals surface area (Å²) in [5, 5.41) is 0. The average Bonchev–Trinajstić information content (AvgIpc) is 1.14. The molecular weight excluding hydrogens is 258 g/mol. The van der Waals surface area contributed by atoms with Crippen LogP contribution in [0.1, 0.15) is 0 Å². The fraction of sp³-hybridized carbons (Fsp3) is 0.667. The maximum atomic E-state index is 10.8. The Morgan fingerprint density at radius 1 is 0.700 bits per heavy atom. The van der Waals surface area contributed by atoms with Gasteiger partial charge in [0.25, 0.3) is 12.4 Å². The summed E-state index contributed by atoms with van der Waals surface area (Å²) in [6.07, 6.45) is -12.2. The number of hydrogen-bond acceptors (Lipinski definition) is 0. The first kappa shape index (κ1) is 13.0. The van der Waals surface area contributed by atoms with Crippen molar-refractivity contribution in [2.45, 2.75) is 12.4 Å². The Balaban J connectivity index is 0. The Morgan fingerprint density at radius 2 is 0.900 bits per heavy atom. The molecule has 0 fully saturated rings. The van der Waals surface area contributed by atoms with E-state index in [0.717, 1.165) is 0 Å². The van der Waals surface area contributed by atoms with Crippen molar-refractivity contribution in [2.75, 3.05) is 0 Å². The molecule has 0 saturated heterocycles. The molecule has 0 aliphatic heterocycles. The van der Waals surface area contributed by atoms with Gasteiger partial charge in [0.15, 0.2) is 0 Å². The van der Waals surface area contributed by atoms with E-state index in [4.69, 9.17) is 0 Å². The monoisotopic (exact) mass is 258 g/mol.